The number of allylic oxidation sites excluding steroid dienone is 1. The zero-order valence-corrected chi connectivity index (χ0v) is 18.6. The lowest BCUT2D eigenvalue weighted by molar-refractivity contribution is -0.104. The van der Waals surface area contributed by atoms with Crippen LogP contribution >= 0.6 is 0 Å². The molecule has 1 saturated heterocycles. The first-order valence-electron chi connectivity index (χ1n) is 12.2. The molecule has 0 bridgehead atoms. The Morgan fingerprint density at radius 3 is 2.60 bits per heavy atom. The lowest BCUT2D eigenvalue weighted by Crippen LogP contribution is -2.47. The van der Waals surface area contributed by atoms with Gasteiger partial charge >= 0.3 is 0 Å². The van der Waals surface area contributed by atoms with E-state index in [1.54, 1.807) is 0 Å². The van der Waals surface area contributed by atoms with Crippen molar-refractivity contribution >= 4 is 5.71 Å². The predicted molar refractivity (Wildman–Crippen MR) is 122 cm³/mol. The van der Waals surface area contributed by atoms with Gasteiger partial charge in [-0.05, 0) is 76.6 Å². The maximum Gasteiger partial charge on any atom is 0.0691 e. The zero-order valence-electron chi connectivity index (χ0n) is 18.6. The topological polar surface area (TPSA) is 46.5 Å². The molecule has 0 amide bonds. The number of hydrogen-bond acceptors (Lipinski definition) is 4. The molecule has 4 aliphatic rings. The van der Waals surface area contributed by atoms with Gasteiger partial charge in [0.25, 0.3) is 0 Å². The molecule has 0 aromatic carbocycles. The Bertz CT molecular complexity index is 803. The van der Waals surface area contributed by atoms with Gasteiger partial charge in [-0.2, -0.15) is 0 Å². The molecule has 4 nitrogen and oxygen atoms in total. The van der Waals surface area contributed by atoms with Gasteiger partial charge in [-0.3, -0.25) is 9.98 Å². The minimum Gasteiger partial charge on any atom is -0.375 e. The number of pyridine rings is 1. The van der Waals surface area contributed by atoms with E-state index in [0.717, 1.165) is 39.0 Å². The Morgan fingerprint density at radius 2 is 1.83 bits per heavy atom. The van der Waals surface area contributed by atoms with Gasteiger partial charge in [0.2, 0.25) is 0 Å². The molecule has 0 radical (unpaired) electrons. The first kappa shape index (κ1) is 20.4. The van der Waals surface area contributed by atoms with Crippen LogP contribution in [0.4, 0.5) is 0 Å². The number of ether oxygens (including phenoxy) is 1. The van der Waals surface area contributed by atoms with Crippen molar-refractivity contribution in [3.63, 3.8) is 0 Å². The van der Waals surface area contributed by atoms with Gasteiger partial charge in [0.15, 0.2) is 0 Å². The molecule has 4 heteroatoms. The van der Waals surface area contributed by atoms with Crippen molar-refractivity contribution in [3.8, 4) is 0 Å². The molecular formula is C26H37N3O. The molecule has 2 aliphatic carbocycles. The highest BCUT2D eigenvalue weighted by Gasteiger charge is 2.48. The second-order valence-electron chi connectivity index (χ2n) is 10.3. The second kappa shape index (κ2) is 8.20. The molecule has 1 aromatic rings. The molecule has 1 aromatic heterocycles. The molecule has 2 aliphatic heterocycles. The van der Waals surface area contributed by atoms with E-state index < -0.39 is 0 Å². The van der Waals surface area contributed by atoms with Gasteiger partial charge in [0, 0.05) is 41.6 Å². The van der Waals surface area contributed by atoms with Crippen LogP contribution in [-0.4, -0.2) is 36.0 Å². The molecular weight excluding hydrogens is 370 g/mol. The Balaban J connectivity index is 1.25. The molecule has 30 heavy (non-hydrogen) atoms. The first-order chi connectivity index (χ1) is 14.6. The van der Waals surface area contributed by atoms with Crippen LogP contribution in [0, 0.1) is 5.41 Å². The zero-order chi connectivity index (χ0) is 20.5. The fourth-order valence-electron chi connectivity index (χ4n) is 6.73. The van der Waals surface area contributed by atoms with Crippen molar-refractivity contribution in [3.05, 3.63) is 41.9 Å². The van der Waals surface area contributed by atoms with Crippen LogP contribution in [0.5, 0.6) is 0 Å². The minimum atomic E-state index is 0.0972. The third-order valence-electron chi connectivity index (χ3n) is 8.43. The van der Waals surface area contributed by atoms with Crippen molar-refractivity contribution in [1.82, 2.24) is 10.3 Å². The maximum atomic E-state index is 6.38. The molecule has 1 N–H and O–H groups in total. The fourth-order valence-corrected chi connectivity index (χ4v) is 6.73. The predicted octanol–water partition coefficient (Wildman–Crippen LogP) is 5.34. The van der Waals surface area contributed by atoms with Gasteiger partial charge < -0.3 is 10.1 Å². The van der Waals surface area contributed by atoms with Crippen LogP contribution in [0.3, 0.4) is 0 Å². The van der Waals surface area contributed by atoms with Crippen LogP contribution in [0.15, 0.2) is 41.2 Å². The van der Waals surface area contributed by atoms with E-state index >= 15 is 0 Å². The van der Waals surface area contributed by atoms with E-state index in [9.17, 15) is 0 Å². The van der Waals surface area contributed by atoms with Crippen LogP contribution in [0.25, 0.3) is 0 Å². The summed E-state index contributed by atoms with van der Waals surface area (Å²) in [6.07, 6.45) is 18.1. The summed E-state index contributed by atoms with van der Waals surface area (Å²) >= 11 is 0. The van der Waals surface area contributed by atoms with Crippen molar-refractivity contribution < 1.29 is 4.74 Å². The summed E-state index contributed by atoms with van der Waals surface area (Å²) in [4.78, 5) is 9.75. The largest absolute Gasteiger partial charge is 0.375 e. The summed E-state index contributed by atoms with van der Waals surface area (Å²) < 4.78 is 6.38. The van der Waals surface area contributed by atoms with E-state index in [1.807, 2.05) is 12.3 Å². The molecule has 3 fully saturated rings. The van der Waals surface area contributed by atoms with Gasteiger partial charge in [0.05, 0.1) is 11.3 Å². The Labute approximate surface area is 181 Å². The summed E-state index contributed by atoms with van der Waals surface area (Å²) in [5, 5.41) is 3.73. The molecule has 1 atom stereocenters. The van der Waals surface area contributed by atoms with Crippen LogP contribution in [-0.2, 0) is 10.2 Å². The van der Waals surface area contributed by atoms with E-state index in [0.29, 0.717) is 5.41 Å². The van der Waals surface area contributed by atoms with Crippen molar-refractivity contribution in [2.24, 2.45) is 10.4 Å². The SMILES string of the molecule is CC1=NC(CNCC[C@@]2(c3ccccn3)CCOC3(CCCC3)C2)=CC12CCCC2. The van der Waals surface area contributed by atoms with Gasteiger partial charge in [-0.25, -0.2) is 0 Å². The number of hydrogen-bond donors (Lipinski definition) is 1. The van der Waals surface area contributed by atoms with Crippen molar-refractivity contribution in [2.75, 3.05) is 19.7 Å². The van der Waals surface area contributed by atoms with Crippen LogP contribution in [0.2, 0.25) is 0 Å². The Hall–Kier alpha value is -1.52. The van der Waals surface area contributed by atoms with Crippen molar-refractivity contribution in [2.45, 2.75) is 88.6 Å². The monoisotopic (exact) mass is 407 g/mol. The lowest BCUT2D eigenvalue weighted by atomic mass is 9.68. The summed E-state index contributed by atoms with van der Waals surface area (Å²) in [7, 11) is 0. The summed E-state index contributed by atoms with van der Waals surface area (Å²) in [6, 6.07) is 6.42. The molecule has 2 spiro atoms. The van der Waals surface area contributed by atoms with E-state index in [2.05, 4.69) is 30.4 Å². The second-order valence-corrected chi connectivity index (χ2v) is 10.3. The standard InChI is InChI=1S/C26H37N3O/c1-21-24(9-3-4-10-24)18-22(29-21)19-27-16-13-25(23-8-2-7-15-28-23)14-17-30-26(20-25)11-5-6-12-26/h2,7-8,15,18,27H,3-6,9-14,16-17,19-20H2,1H3/t25-/m1/s1. The number of nitrogens with one attached hydrogen (secondary N) is 1. The van der Waals surface area contributed by atoms with Gasteiger partial charge in [0.1, 0.15) is 0 Å². The number of aromatic nitrogens is 1. The highest BCUT2D eigenvalue weighted by atomic mass is 16.5. The molecule has 2 saturated carbocycles. The summed E-state index contributed by atoms with van der Waals surface area (Å²) in [5.41, 5.74) is 4.38. The average Bonchev–Trinajstić information content (AvgIpc) is 3.49. The van der Waals surface area contributed by atoms with Crippen LogP contribution in [0.1, 0.15) is 83.2 Å². The van der Waals surface area contributed by atoms with E-state index in [1.165, 1.54) is 68.5 Å². The van der Waals surface area contributed by atoms with Crippen molar-refractivity contribution in [1.29, 1.82) is 0 Å². The maximum absolute atomic E-state index is 6.38. The van der Waals surface area contributed by atoms with E-state index in [4.69, 9.17) is 14.7 Å². The third kappa shape index (κ3) is 3.78. The number of nitrogens with zero attached hydrogens (tertiary/aromatic N) is 2. The van der Waals surface area contributed by atoms with Gasteiger partial charge in [-0.15, -0.1) is 0 Å². The highest BCUT2D eigenvalue weighted by Crippen LogP contribution is 2.49. The lowest BCUT2D eigenvalue weighted by Gasteiger charge is -2.46. The fraction of sp³-hybridized carbons (Fsp3) is 0.692. The summed E-state index contributed by atoms with van der Waals surface area (Å²) in [5.74, 6) is 0. The minimum absolute atomic E-state index is 0.0972. The Kier molecular flexibility index (Phi) is 5.57. The van der Waals surface area contributed by atoms with E-state index in [-0.39, 0.29) is 11.0 Å². The Morgan fingerprint density at radius 1 is 1.03 bits per heavy atom. The molecule has 0 unspecified atom stereocenters. The first-order valence-corrected chi connectivity index (χ1v) is 12.2. The smallest absolute Gasteiger partial charge is 0.0691 e. The summed E-state index contributed by atoms with van der Waals surface area (Å²) in [6.45, 7) is 4.99. The third-order valence-corrected chi connectivity index (χ3v) is 8.43. The quantitative estimate of drug-likeness (QED) is 0.647. The average molecular weight is 408 g/mol. The van der Waals surface area contributed by atoms with Gasteiger partial charge in [-0.1, -0.05) is 31.7 Å². The molecule has 162 valence electrons. The molecule has 3 heterocycles. The molecule has 5 rings (SSSR count). The highest BCUT2D eigenvalue weighted by molar-refractivity contribution is 5.93. The number of rotatable bonds is 6. The van der Waals surface area contributed by atoms with Crippen LogP contribution < -0.4 is 5.32 Å². The number of aliphatic imine (C=N–C) groups is 1. The normalized spacial score (nSPS) is 29.5.